The summed E-state index contributed by atoms with van der Waals surface area (Å²) in [5.74, 6) is 2.11. The number of aromatic nitrogens is 6. The van der Waals surface area contributed by atoms with Crippen LogP contribution >= 0.6 is 0 Å². The molecule has 1 aliphatic carbocycles. The second-order valence-electron chi connectivity index (χ2n) is 9.69. The quantitative estimate of drug-likeness (QED) is 0.470. The Kier molecular flexibility index (Phi) is 4.72. The molecule has 176 valence electrons. The lowest BCUT2D eigenvalue weighted by molar-refractivity contribution is -0.145. The Morgan fingerprint density at radius 1 is 1.21 bits per heavy atom. The average molecular weight is 461 g/mol. The van der Waals surface area contributed by atoms with E-state index in [2.05, 4.69) is 32.4 Å². The van der Waals surface area contributed by atoms with E-state index in [0.717, 1.165) is 66.8 Å². The third kappa shape index (κ3) is 3.27. The van der Waals surface area contributed by atoms with Crippen LogP contribution in [0.4, 0.5) is 5.95 Å². The zero-order valence-corrected chi connectivity index (χ0v) is 19.6. The number of H-pyrrole nitrogens is 1. The molecule has 1 amide bonds. The molecule has 5 heterocycles. The highest BCUT2D eigenvalue weighted by molar-refractivity contribution is 5.97. The molecule has 1 aliphatic heterocycles. The van der Waals surface area contributed by atoms with E-state index in [1.807, 2.05) is 40.8 Å². The summed E-state index contributed by atoms with van der Waals surface area (Å²) in [6.45, 7) is 5.78. The molecule has 1 saturated carbocycles. The minimum atomic E-state index is -0.297. The summed E-state index contributed by atoms with van der Waals surface area (Å²) in [5.41, 5.74) is 3.13. The zero-order valence-electron chi connectivity index (χ0n) is 19.6. The lowest BCUT2D eigenvalue weighted by Gasteiger charge is -2.45. The Balaban J connectivity index is 1.25. The molecule has 0 atom stereocenters. The van der Waals surface area contributed by atoms with Gasteiger partial charge in [-0.15, -0.1) is 10.2 Å². The number of nitrogens with zero attached hydrogens (tertiary/aromatic N) is 6. The lowest BCUT2D eigenvalue weighted by Crippen LogP contribution is -2.53. The molecule has 4 aromatic rings. The molecule has 0 spiro atoms. The molecule has 0 bridgehead atoms. The first kappa shape index (κ1) is 20.9. The normalized spacial score (nSPS) is 22.3. The Bertz CT molecular complexity index is 1400. The van der Waals surface area contributed by atoms with Crippen molar-refractivity contribution >= 4 is 28.5 Å². The molecule has 10 heteroatoms. The molecule has 4 aromatic heterocycles. The number of fused-ring (bicyclic) bond motifs is 2. The van der Waals surface area contributed by atoms with Gasteiger partial charge in [0.1, 0.15) is 11.5 Å². The van der Waals surface area contributed by atoms with Gasteiger partial charge in [0.2, 0.25) is 17.7 Å². The number of pyridine rings is 1. The average Bonchev–Trinajstić information content (AvgIpc) is 3.57. The molecule has 0 radical (unpaired) electrons. The largest absolute Gasteiger partial charge is 0.480 e. The number of ether oxygens (including phenoxy) is 1. The van der Waals surface area contributed by atoms with E-state index in [4.69, 9.17) is 9.72 Å². The number of carbonyl (C=O) groups excluding carboxylic acids is 1. The van der Waals surface area contributed by atoms with Gasteiger partial charge in [-0.1, -0.05) is 6.92 Å². The number of nitrogens with one attached hydrogen (secondary N) is 2. The van der Waals surface area contributed by atoms with E-state index >= 15 is 0 Å². The van der Waals surface area contributed by atoms with Crippen LogP contribution in [-0.2, 0) is 4.79 Å². The van der Waals surface area contributed by atoms with Crippen molar-refractivity contribution in [3.05, 3.63) is 30.4 Å². The van der Waals surface area contributed by atoms with Crippen LogP contribution in [0.25, 0.3) is 27.8 Å². The number of methoxy groups -OCH3 is 1. The minimum absolute atomic E-state index is 0.160. The Morgan fingerprint density at radius 2 is 2.00 bits per heavy atom. The fourth-order valence-electron chi connectivity index (χ4n) is 5.39. The van der Waals surface area contributed by atoms with Gasteiger partial charge < -0.3 is 19.9 Å². The topological polar surface area (TPSA) is 113 Å². The van der Waals surface area contributed by atoms with Crippen molar-refractivity contribution in [2.75, 3.05) is 25.5 Å². The van der Waals surface area contributed by atoms with Crippen molar-refractivity contribution in [3.8, 4) is 17.0 Å². The summed E-state index contributed by atoms with van der Waals surface area (Å²) in [6.07, 6.45) is 7.71. The minimum Gasteiger partial charge on any atom is -0.480 e. The molecule has 0 unspecified atom stereocenters. The van der Waals surface area contributed by atoms with Gasteiger partial charge in [0.05, 0.1) is 17.9 Å². The highest BCUT2D eigenvalue weighted by Crippen LogP contribution is 2.44. The highest BCUT2D eigenvalue weighted by Gasteiger charge is 2.48. The van der Waals surface area contributed by atoms with E-state index in [1.165, 1.54) is 0 Å². The van der Waals surface area contributed by atoms with Crippen LogP contribution in [0.5, 0.6) is 5.88 Å². The SMILES string of the molecule is COc1nc(N[C@H]2C[C@](C)(C(=O)N3CCCC3)C2)nc2[nH]cc(-c3ccc4nnc(C)n4c3)c12. The Morgan fingerprint density at radius 3 is 2.76 bits per heavy atom. The van der Waals surface area contributed by atoms with Crippen molar-refractivity contribution in [1.29, 1.82) is 0 Å². The maximum atomic E-state index is 12.9. The number of hydrogen-bond acceptors (Lipinski definition) is 7. The molecule has 2 N–H and O–H groups in total. The van der Waals surface area contributed by atoms with E-state index in [0.29, 0.717) is 17.5 Å². The van der Waals surface area contributed by atoms with E-state index in [9.17, 15) is 4.79 Å². The van der Waals surface area contributed by atoms with Crippen molar-refractivity contribution < 1.29 is 9.53 Å². The van der Waals surface area contributed by atoms with Crippen LogP contribution in [0, 0.1) is 12.3 Å². The summed E-state index contributed by atoms with van der Waals surface area (Å²) in [6, 6.07) is 4.10. The smallest absolute Gasteiger partial charge is 0.228 e. The zero-order chi connectivity index (χ0) is 23.4. The van der Waals surface area contributed by atoms with Crippen molar-refractivity contribution in [2.24, 2.45) is 5.41 Å². The number of hydrogen-bond donors (Lipinski definition) is 2. The van der Waals surface area contributed by atoms with E-state index in [1.54, 1.807) is 7.11 Å². The monoisotopic (exact) mass is 460 g/mol. The number of aryl methyl sites for hydroxylation is 1. The number of likely N-dealkylation sites (tertiary alicyclic amines) is 1. The van der Waals surface area contributed by atoms with E-state index in [-0.39, 0.29) is 17.4 Å². The number of carbonyl (C=O) groups is 1. The van der Waals surface area contributed by atoms with Gasteiger partial charge in [-0.2, -0.15) is 9.97 Å². The molecule has 6 rings (SSSR count). The number of aromatic amines is 1. The maximum absolute atomic E-state index is 12.9. The maximum Gasteiger partial charge on any atom is 0.228 e. The van der Waals surface area contributed by atoms with Crippen LogP contribution in [0.2, 0.25) is 0 Å². The van der Waals surface area contributed by atoms with Gasteiger partial charge >= 0.3 is 0 Å². The number of amides is 1. The molecule has 1 saturated heterocycles. The third-order valence-corrected chi connectivity index (χ3v) is 7.21. The lowest BCUT2D eigenvalue weighted by atomic mass is 9.66. The van der Waals surface area contributed by atoms with E-state index < -0.39 is 0 Å². The molecular weight excluding hydrogens is 432 g/mol. The van der Waals surface area contributed by atoms with Crippen molar-refractivity contribution in [2.45, 2.75) is 45.6 Å². The molecule has 2 fully saturated rings. The van der Waals surface area contributed by atoms with Crippen molar-refractivity contribution in [1.82, 2.24) is 34.4 Å². The fraction of sp³-hybridized carbons (Fsp3) is 0.458. The first-order valence-electron chi connectivity index (χ1n) is 11.8. The predicted molar refractivity (Wildman–Crippen MR) is 128 cm³/mol. The molecule has 2 aliphatic rings. The van der Waals surface area contributed by atoms with Crippen molar-refractivity contribution in [3.63, 3.8) is 0 Å². The summed E-state index contributed by atoms with van der Waals surface area (Å²) in [7, 11) is 1.62. The van der Waals surface area contributed by atoms with Gasteiger partial charge in [0.25, 0.3) is 0 Å². The number of anilines is 1. The first-order valence-corrected chi connectivity index (χ1v) is 11.8. The fourth-order valence-corrected chi connectivity index (χ4v) is 5.39. The second-order valence-corrected chi connectivity index (χ2v) is 9.69. The van der Waals surface area contributed by atoms with Crippen LogP contribution in [0.15, 0.2) is 24.5 Å². The van der Waals surface area contributed by atoms with Gasteiger partial charge in [0, 0.05) is 42.7 Å². The Labute approximate surface area is 196 Å². The summed E-state index contributed by atoms with van der Waals surface area (Å²) in [5, 5.41) is 12.5. The van der Waals surface area contributed by atoms with Gasteiger partial charge in [-0.05, 0) is 44.7 Å². The standard InChI is InChI=1S/C24H28N8O2/c1-14-29-30-18-7-6-15(13-32(14)18)17-12-25-20-19(17)21(34-3)28-23(27-20)26-16-10-24(2,11-16)22(33)31-8-4-5-9-31/h6-7,12-13,16H,4-5,8-11H2,1-3H3,(H2,25,26,27,28)/t16-,24-. The van der Waals surface area contributed by atoms with Gasteiger partial charge in [-0.25, -0.2) is 0 Å². The number of rotatable bonds is 5. The molecular formula is C24H28N8O2. The second kappa shape index (κ2) is 7.68. The summed E-state index contributed by atoms with van der Waals surface area (Å²) in [4.78, 5) is 27.5. The molecule has 34 heavy (non-hydrogen) atoms. The summed E-state index contributed by atoms with van der Waals surface area (Å²) < 4.78 is 7.61. The molecule has 10 nitrogen and oxygen atoms in total. The summed E-state index contributed by atoms with van der Waals surface area (Å²) >= 11 is 0. The Hall–Kier alpha value is -3.69. The molecule has 0 aromatic carbocycles. The van der Waals surface area contributed by atoms with Crippen LogP contribution in [-0.4, -0.2) is 66.6 Å². The predicted octanol–water partition coefficient (Wildman–Crippen LogP) is 3.19. The van der Waals surface area contributed by atoms with Crippen LogP contribution in [0.3, 0.4) is 0 Å². The van der Waals surface area contributed by atoms with Gasteiger partial charge in [0.15, 0.2) is 5.65 Å². The highest BCUT2D eigenvalue weighted by atomic mass is 16.5. The van der Waals surface area contributed by atoms with Crippen LogP contribution in [0.1, 0.15) is 38.4 Å². The third-order valence-electron chi connectivity index (χ3n) is 7.21. The van der Waals surface area contributed by atoms with Crippen LogP contribution < -0.4 is 10.1 Å². The van der Waals surface area contributed by atoms with Gasteiger partial charge in [-0.3, -0.25) is 9.20 Å². The first-order chi connectivity index (χ1) is 16.4.